The Bertz CT molecular complexity index is 349. The molecule has 3 N–H and O–H groups in total. The Balaban J connectivity index is 2.04. The van der Waals surface area contributed by atoms with Gasteiger partial charge in [-0.2, -0.15) is 0 Å². The number of pyridine rings is 1. The van der Waals surface area contributed by atoms with E-state index < -0.39 is 0 Å². The van der Waals surface area contributed by atoms with Crippen LogP contribution in [-0.2, 0) is 0 Å². The maximum atomic E-state index is 5.67. The van der Waals surface area contributed by atoms with Gasteiger partial charge < -0.3 is 11.1 Å². The first-order chi connectivity index (χ1) is 7.15. The number of rotatable bonds is 2. The van der Waals surface area contributed by atoms with E-state index in [1.165, 1.54) is 19.3 Å². The molecule has 1 saturated carbocycles. The van der Waals surface area contributed by atoms with Gasteiger partial charge in [0.1, 0.15) is 5.82 Å². The first-order valence-electron chi connectivity index (χ1n) is 5.64. The Labute approximate surface area is 91.1 Å². The quantitative estimate of drug-likeness (QED) is 0.780. The molecule has 1 aromatic rings. The molecule has 1 aliphatic carbocycles. The maximum absolute atomic E-state index is 5.67. The van der Waals surface area contributed by atoms with Crippen molar-refractivity contribution >= 4 is 11.5 Å². The van der Waals surface area contributed by atoms with Gasteiger partial charge in [-0.15, -0.1) is 0 Å². The van der Waals surface area contributed by atoms with E-state index in [1.54, 1.807) is 6.20 Å². The summed E-state index contributed by atoms with van der Waals surface area (Å²) in [7, 11) is 0. The number of hydrogen-bond donors (Lipinski definition) is 2. The minimum absolute atomic E-state index is 0.592. The number of aromatic nitrogens is 1. The second-order valence-electron chi connectivity index (χ2n) is 4.69. The highest BCUT2D eigenvalue weighted by Crippen LogP contribution is 2.27. The third-order valence-corrected chi connectivity index (χ3v) is 3.14. The van der Waals surface area contributed by atoms with Crippen LogP contribution in [0.1, 0.15) is 31.7 Å². The summed E-state index contributed by atoms with van der Waals surface area (Å²) in [4.78, 5) is 4.33. The van der Waals surface area contributed by atoms with Gasteiger partial charge in [-0.3, -0.25) is 0 Å². The smallest absolute Gasteiger partial charge is 0.129 e. The molecule has 1 aliphatic rings. The van der Waals surface area contributed by atoms with Crippen molar-refractivity contribution in [2.75, 3.05) is 11.1 Å². The number of nitrogens with two attached hydrogens (primary N) is 1. The summed E-state index contributed by atoms with van der Waals surface area (Å²) in [6.07, 6.45) is 5.55. The van der Waals surface area contributed by atoms with E-state index in [0.717, 1.165) is 23.0 Å². The second-order valence-corrected chi connectivity index (χ2v) is 4.69. The van der Waals surface area contributed by atoms with Gasteiger partial charge in [-0.1, -0.05) is 6.92 Å². The summed E-state index contributed by atoms with van der Waals surface area (Å²) in [6.45, 7) is 4.36. The van der Waals surface area contributed by atoms with Gasteiger partial charge in [-0.05, 0) is 43.7 Å². The molecule has 1 fully saturated rings. The highest BCUT2D eigenvalue weighted by Gasteiger charge is 2.21. The fraction of sp³-hybridized carbons (Fsp3) is 0.583. The molecule has 0 bridgehead atoms. The molecule has 0 saturated heterocycles. The van der Waals surface area contributed by atoms with Gasteiger partial charge in [0.15, 0.2) is 0 Å². The van der Waals surface area contributed by atoms with Crippen molar-refractivity contribution in [1.82, 2.24) is 4.98 Å². The zero-order valence-corrected chi connectivity index (χ0v) is 9.46. The molecular formula is C12H19N3. The molecule has 1 heterocycles. The van der Waals surface area contributed by atoms with Crippen molar-refractivity contribution in [3.63, 3.8) is 0 Å². The first-order valence-corrected chi connectivity index (χ1v) is 5.64. The molecule has 82 valence electrons. The lowest BCUT2D eigenvalue weighted by atomic mass is 10.1. The number of nitrogens with one attached hydrogen (secondary N) is 1. The zero-order chi connectivity index (χ0) is 10.8. The van der Waals surface area contributed by atoms with Crippen molar-refractivity contribution in [3.8, 4) is 0 Å². The average Bonchev–Trinajstić information content (AvgIpc) is 2.56. The van der Waals surface area contributed by atoms with Crippen LogP contribution in [0.25, 0.3) is 0 Å². The molecule has 0 aliphatic heterocycles. The van der Waals surface area contributed by atoms with Gasteiger partial charge >= 0.3 is 0 Å². The molecule has 0 amide bonds. The normalized spacial score (nSPS) is 25.5. The lowest BCUT2D eigenvalue weighted by Gasteiger charge is -2.15. The van der Waals surface area contributed by atoms with Crippen LogP contribution >= 0.6 is 0 Å². The van der Waals surface area contributed by atoms with Crippen molar-refractivity contribution in [3.05, 3.63) is 17.8 Å². The lowest BCUT2D eigenvalue weighted by Crippen LogP contribution is -2.17. The van der Waals surface area contributed by atoms with E-state index in [9.17, 15) is 0 Å². The van der Waals surface area contributed by atoms with Crippen molar-refractivity contribution in [2.45, 2.75) is 39.2 Å². The van der Waals surface area contributed by atoms with Crippen LogP contribution in [0.2, 0.25) is 0 Å². The molecular weight excluding hydrogens is 186 g/mol. The van der Waals surface area contributed by atoms with Gasteiger partial charge in [0.2, 0.25) is 0 Å². The van der Waals surface area contributed by atoms with E-state index in [0.29, 0.717) is 6.04 Å². The average molecular weight is 205 g/mol. The molecule has 2 rings (SSSR count). The van der Waals surface area contributed by atoms with Crippen LogP contribution in [-0.4, -0.2) is 11.0 Å². The first kappa shape index (κ1) is 10.3. The second kappa shape index (κ2) is 4.09. The summed E-state index contributed by atoms with van der Waals surface area (Å²) in [5.41, 5.74) is 7.54. The highest BCUT2D eigenvalue weighted by atomic mass is 15.0. The van der Waals surface area contributed by atoms with Crippen molar-refractivity contribution in [1.29, 1.82) is 0 Å². The summed E-state index contributed by atoms with van der Waals surface area (Å²) in [6, 6.07) is 2.56. The van der Waals surface area contributed by atoms with Gasteiger partial charge in [0, 0.05) is 6.04 Å². The Hall–Kier alpha value is -1.25. The van der Waals surface area contributed by atoms with E-state index in [4.69, 9.17) is 5.73 Å². The van der Waals surface area contributed by atoms with E-state index in [1.807, 2.05) is 13.0 Å². The molecule has 2 unspecified atom stereocenters. The number of anilines is 2. The van der Waals surface area contributed by atoms with Crippen LogP contribution in [0, 0.1) is 12.8 Å². The molecule has 3 heteroatoms. The fourth-order valence-electron chi connectivity index (χ4n) is 2.28. The van der Waals surface area contributed by atoms with Gasteiger partial charge in [0.25, 0.3) is 0 Å². The Morgan fingerprint density at radius 1 is 1.47 bits per heavy atom. The van der Waals surface area contributed by atoms with Crippen LogP contribution in [0.4, 0.5) is 11.5 Å². The Morgan fingerprint density at radius 3 is 2.87 bits per heavy atom. The molecule has 1 aromatic heterocycles. The molecule has 0 aromatic carbocycles. The molecule has 2 atom stereocenters. The SMILES string of the molecule is Cc1cc(N)cnc1NC1CCC(C)C1. The minimum Gasteiger partial charge on any atom is -0.397 e. The molecule has 15 heavy (non-hydrogen) atoms. The standard InChI is InChI=1S/C12H19N3/c1-8-3-4-11(5-8)15-12-9(2)6-10(13)7-14-12/h6-8,11H,3-5,13H2,1-2H3,(H,14,15). The largest absolute Gasteiger partial charge is 0.397 e. The van der Waals surface area contributed by atoms with Crippen LogP contribution in [0.15, 0.2) is 12.3 Å². The van der Waals surface area contributed by atoms with E-state index in [2.05, 4.69) is 17.2 Å². The third kappa shape index (κ3) is 2.41. The summed E-state index contributed by atoms with van der Waals surface area (Å²) in [5.74, 6) is 1.83. The number of aryl methyl sites for hydroxylation is 1. The lowest BCUT2D eigenvalue weighted by molar-refractivity contribution is 0.602. The highest BCUT2D eigenvalue weighted by molar-refractivity contribution is 5.51. The molecule has 0 radical (unpaired) electrons. The number of nitrogens with zero attached hydrogens (tertiary/aromatic N) is 1. The Morgan fingerprint density at radius 2 is 2.27 bits per heavy atom. The third-order valence-electron chi connectivity index (χ3n) is 3.14. The van der Waals surface area contributed by atoms with Crippen molar-refractivity contribution < 1.29 is 0 Å². The number of hydrogen-bond acceptors (Lipinski definition) is 3. The van der Waals surface area contributed by atoms with Crippen LogP contribution < -0.4 is 11.1 Å². The molecule has 0 spiro atoms. The van der Waals surface area contributed by atoms with Gasteiger partial charge in [0.05, 0.1) is 11.9 Å². The number of nitrogen functional groups attached to an aromatic ring is 1. The Kier molecular flexibility index (Phi) is 2.80. The summed E-state index contributed by atoms with van der Waals surface area (Å²) < 4.78 is 0. The fourth-order valence-corrected chi connectivity index (χ4v) is 2.28. The van der Waals surface area contributed by atoms with E-state index >= 15 is 0 Å². The maximum Gasteiger partial charge on any atom is 0.129 e. The predicted octanol–water partition coefficient (Wildman–Crippen LogP) is 2.57. The van der Waals surface area contributed by atoms with Crippen LogP contribution in [0.3, 0.4) is 0 Å². The summed E-state index contributed by atoms with van der Waals surface area (Å²) >= 11 is 0. The zero-order valence-electron chi connectivity index (χ0n) is 9.46. The van der Waals surface area contributed by atoms with E-state index in [-0.39, 0.29) is 0 Å². The van der Waals surface area contributed by atoms with Crippen molar-refractivity contribution in [2.24, 2.45) is 5.92 Å². The molecule has 3 nitrogen and oxygen atoms in total. The minimum atomic E-state index is 0.592. The monoisotopic (exact) mass is 205 g/mol. The van der Waals surface area contributed by atoms with Gasteiger partial charge in [-0.25, -0.2) is 4.98 Å². The summed E-state index contributed by atoms with van der Waals surface area (Å²) in [5, 5.41) is 3.50. The predicted molar refractivity (Wildman–Crippen MR) is 63.8 cm³/mol. The topological polar surface area (TPSA) is 50.9 Å². The van der Waals surface area contributed by atoms with Crippen LogP contribution in [0.5, 0.6) is 0 Å².